The third-order valence-corrected chi connectivity index (χ3v) is 11.7. The summed E-state index contributed by atoms with van der Waals surface area (Å²) >= 11 is 0. The lowest BCUT2D eigenvalue weighted by Gasteiger charge is -2.28. The molecule has 1 heterocycles. The number of benzene rings is 3. The van der Waals surface area contributed by atoms with Crippen LogP contribution in [0.4, 0.5) is 11.4 Å². The molecule has 3 aromatic carbocycles. The topological polar surface area (TPSA) is 205 Å². The molecule has 0 atom stereocenters. The zero-order chi connectivity index (χ0) is 41.5. The predicted molar refractivity (Wildman–Crippen MR) is 217 cm³/mol. The van der Waals surface area contributed by atoms with Crippen molar-refractivity contribution in [1.29, 1.82) is 0 Å². The van der Waals surface area contributed by atoms with Crippen LogP contribution in [-0.2, 0) is 42.3 Å². The molecule has 0 amide bonds. The van der Waals surface area contributed by atoms with Gasteiger partial charge in [-0.15, -0.1) is 0 Å². The van der Waals surface area contributed by atoms with E-state index in [1.807, 2.05) is 65.0 Å². The Balaban J connectivity index is 1.66. The van der Waals surface area contributed by atoms with Crippen molar-refractivity contribution in [2.75, 3.05) is 18.0 Å². The Bertz CT molecular complexity index is 2290. The van der Waals surface area contributed by atoms with Crippen LogP contribution in [0.25, 0.3) is 0 Å². The van der Waals surface area contributed by atoms with E-state index in [0.717, 1.165) is 28.1 Å². The van der Waals surface area contributed by atoms with Crippen LogP contribution in [0.15, 0.2) is 112 Å². The van der Waals surface area contributed by atoms with Gasteiger partial charge in [0.2, 0.25) is 0 Å². The number of aliphatic carboxylic acids is 1. The van der Waals surface area contributed by atoms with Crippen LogP contribution in [0.2, 0.25) is 0 Å². The molecule has 56 heavy (non-hydrogen) atoms. The Hall–Kier alpha value is -4.96. The molecule has 0 aliphatic carbocycles. The van der Waals surface area contributed by atoms with Crippen LogP contribution >= 0.6 is 0 Å². The minimum Gasteiger partial charge on any atom is -0.481 e. The van der Waals surface area contributed by atoms with Gasteiger partial charge in [0.1, 0.15) is 0 Å². The summed E-state index contributed by atoms with van der Waals surface area (Å²) in [6, 6.07) is 15.3. The summed E-state index contributed by atoms with van der Waals surface area (Å²) in [5.74, 6) is -0.852. The SMILES string of the molecule is Cc1ccc(S(=O)(=O)O)cc1C(C)(C)C(/C=C/C=C/C=C1/N(CCCCCC(=O)O)c2ccc(S(=O)(=O)O)cc2C1(C)C)=N/CCCc1ccc([N+](=O)[O-])cc1. The van der Waals surface area contributed by atoms with Crippen molar-refractivity contribution in [2.24, 2.45) is 4.99 Å². The number of carboxylic acids is 1. The number of fused-ring (bicyclic) bond motifs is 1. The van der Waals surface area contributed by atoms with Crippen LogP contribution < -0.4 is 4.90 Å². The number of hydrogen-bond donors (Lipinski definition) is 3. The van der Waals surface area contributed by atoms with E-state index in [4.69, 9.17) is 10.1 Å². The predicted octanol–water partition coefficient (Wildman–Crippen LogP) is 8.19. The van der Waals surface area contributed by atoms with Gasteiger partial charge in [-0.1, -0.05) is 70.5 Å². The standard InChI is InChI=1S/C41H49N3O10S2/c1-29-17-22-32(55(49,50)51)27-34(29)40(2,3)37(42-25-12-13-30-18-20-31(21-19-30)44(47)48)14-8-6-9-15-38-41(4,5)35-28-33(56(52,53)54)23-24-36(35)43(38)26-11-7-10-16-39(45)46/h6,8-9,14-15,17-24,27-28H,7,10-13,16,25-26H2,1-5H3,(H,45,46)(H,49,50,51)(H,52,53,54)/b9-6+,14-8+,38-15+,42-37+. The van der Waals surface area contributed by atoms with Gasteiger partial charge in [-0.25, -0.2) is 0 Å². The number of carbonyl (C=O) groups is 1. The fourth-order valence-electron chi connectivity index (χ4n) is 6.93. The number of nitrogens with zero attached hydrogens (tertiary/aromatic N) is 3. The van der Waals surface area contributed by atoms with E-state index in [2.05, 4.69) is 4.90 Å². The number of carboxylic acid groups (broad SMARTS) is 1. The minimum absolute atomic E-state index is 0.0140. The molecular weight excluding hydrogens is 759 g/mol. The van der Waals surface area contributed by atoms with Gasteiger partial charge in [-0.2, -0.15) is 16.8 Å². The molecule has 1 aliphatic heterocycles. The fraction of sp³-hybridized carbons (Fsp3) is 0.366. The molecule has 0 radical (unpaired) electrons. The summed E-state index contributed by atoms with van der Waals surface area (Å²) in [5, 5.41) is 20.1. The Kier molecular flexibility index (Phi) is 14.0. The van der Waals surface area contributed by atoms with Crippen LogP contribution in [0.1, 0.15) is 82.1 Å². The maximum absolute atomic E-state index is 12.1. The van der Waals surface area contributed by atoms with Crippen molar-refractivity contribution < 1.29 is 40.8 Å². The molecule has 4 rings (SSSR count). The number of unbranched alkanes of at least 4 members (excludes halogenated alkanes) is 2. The molecule has 3 N–H and O–H groups in total. The maximum Gasteiger partial charge on any atom is 0.303 e. The number of aliphatic imine (C=N–C) groups is 1. The molecule has 3 aromatic rings. The molecule has 0 fully saturated rings. The lowest BCUT2D eigenvalue weighted by atomic mass is 9.77. The molecule has 0 unspecified atom stereocenters. The van der Waals surface area contributed by atoms with Crippen LogP contribution in [0.3, 0.4) is 0 Å². The first kappa shape index (κ1) is 43.8. The van der Waals surface area contributed by atoms with E-state index < -0.39 is 42.0 Å². The average molecular weight is 808 g/mol. The number of non-ortho nitro benzene ring substituents is 1. The lowest BCUT2D eigenvalue weighted by molar-refractivity contribution is -0.384. The minimum atomic E-state index is -4.46. The molecule has 1 aliphatic rings. The van der Waals surface area contributed by atoms with Crippen LogP contribution in [0.5, 0.6) is 0 Å². The van der Waals surface area contributed by atoms with Crippen molar-refractivity contribution in [3.8, 4) is 0 Å². The normalized spacial score (nSPS) is 15.6. The molecule has 15 heteroatoms. The number of hydrogen-bond acceptors (Lipinski definition) is 9. The quantitative estimate of drug-likeness (QED) is 0.0279. The second-order valence-electron chi connectivity index (χ2n) is 14.8. The van der Waals surface area contributed by atoms with E-state index in [9.17, 15) is 40.8 Å². The maximum atomic E-state index is 12.1. The molecule has 0 spiro atoms. The largest absolute Gasteiger partial charge is 0.481 e. The number of allylic oxidation sites excluding steroid dienone is 6. The van der Waals surface area contributed by atoms with Gasteiger partial charge in [0.25, 0.3) is 25.9 Å². The highest BCUT2D eigenvalue weighted by Crippen LogP contribution is 2.48. The number of nitro groups is 1. The third-order valence-electron chi connectivity index (χ3n) is 10.0. The summed E-state index contributed by atoms with van der Waals surface area (Å²) in [6.45, 7) is 10.6. The molecule has 13 nitrogen and oxygen atoms in total. The molecule has 0 saturated carbocycles. The van der Waals surface area contributed by atoms with E-state index in [0.29, 0.717) is 56.5 Å². The second kappa shape index (κ2) is 17.9. The summed E-state index contributed by atoms with van der Waals surface area (Å²) in [5.41, 5.74) is 3.98. The van der Waals surface area contributed by atoms with Gasteiger partial charge in [0.15, 0.2) is 0 Å². The van der Waals surface area contributed by atoms with Gasteiger partial charge in [-0.3, -0.25) is 29.0 Å². The Morgan fingerprint density at radius 1 is 0.893 bits per heavy atom. The number of rotatable bonds is 18. The Morgan fingerprint density at radius 2 is 1.54 bits per heavy atom. The van der Waals surface area contributed by atoms with Crippen molar-refractivity contribution in [1.82, 2.24) is 0 Å². The van der Waals surface area contributed by atoms with Gasteiger partial charge in [0.05, 0.1) is 14.7 Å². The fourth-order valence-corrected chi connectivity index (χ4v) is 7.95. The first-order valence-electron chi connectivity index (χ1n) is 18.2. The monoisotopic (exact) mass is 807 g/mol. The summed E-state index contributed by atoms with van der Waals surface area (Å²) < 4.78 is 67.7. The van der Waals surface area contributed by atoms with E-state index in [1.165, 1.54) is 36.4 Å². The van der Waals surface area contributed by atoms with Crippen LogP contribution in [0, 0.1) is 17.0 Å². The van der Waals surface area contributed by atoms with Gasteiger partial charge in [0, 0.05) is 59.6 Å². The summed E-state index contributed by atoms with van der Waals surface area (Å²) in [4.78, 5) is 28.2. The highest BCUT2D eigenvalue weighted by Gasteiger charge is 2.40. The highest BCUT2D eigenvalue weighted by molar-refractivity contribution is 7.86. The average Bonchev–Trinajstić information content (AvgIpc) is 3.32. The number of aryl methyl sites for hydroxylation is 2. The Morgan fingerprint density at radius 3 is 2.16 bits per heavy atom. The highest BCUT2D eigenvalue weighted by atomic mass is 32.2. The van der Waals surface area contributed by atoms with E-state index in [-0.39, 0.29) is 21.9 Å². The van der Waals surface area contributed by atoms with Crippen molar-refractivity contribution in [3.63, 3.8) is 0 Å². The number of anilines is 1. The zero-order valence-corrected chi connectivity index (χ0v) is 33.8. The van der Waals surface area contributed by atoms with Gasteiger partial charge in [-0.05, 0) is 97.3 Å². The first-order valence-corrected chi connectivity index (χ1v) is 21.1. The third kappa shape index (κ3) is 10.9. The van der Waals surface area contributed by atoms with Crippen LogP contribution in [-0.4, -0.2) is 60.7 Å². The molecule has 0 aromatic heterocycles. The summed E-state index contributed by atoms with van der Waals surface area (Å²) in [7, 11) is -8.90. The second-order valence-corrected chi connectivity index (χ2v) is 17.6. The Labute approximate surface area is 328 Å². The van der Waals surface area contributed by atoms with Gasteiger partial charge >= 0.3 is 5.97 Å². The van der Waals surface area contributed by atoms with Crippen molar-refractivity contribution >= 4 is 43.3 Å². The van der Waals surface area contributed by atoms with Crippen molar-refractivity contribution in [2.45, 2.75) is 93.8 Å². The number of nitro benzene ring substituents is 1. The van der Waals surface area contributed by atoms with E-state index in [1.54, 1.807) is 24.3 Å². The summed E-state index contributed by atoms with van der Waals surface area (Å²) in [6.07, 6.45) is 12.5. The first-order chi connectivity index (χ1) is 26.1. The molecular formula is C41H49N3O10S2. The molecule has 0 saturated heterocycles. The zero-order valence-electron chi connectivity index (χ0n) is 32.2. The molecule has 0 bridgehead atoms. The molecule has 300 valence electrons. The van der Waals surface area contributed by atoms with Crippen molar-refractivity contribution in [3.05, 3.63) is 129 Å². The lowest BCUT2D eigenvalue weighted by Crippen LogP contribution is -2.29. The van der Waals surface area contributed by atoms with E-state index >= 15 is 0 Å². The van der Waals surface area contributed by atoms with Gasteiger partial charge < -0.3 is 10.0 Å². The smallest absolute Gasteiger partial charge is 0.303 e.